The number of aromatic nitrogens is 3. The molecule has 6 rings (SSSR count). The van der Waals surface area contributed by atoms with Gasteiger partial charge in [-0.05, 0) is 72.1 Å². The van der Waals surface area contributed by atoms with Crippen LogP contribution in [0.25, 0.3) is 21.7 Å². The highest BCUT2D eigenvalue weighted by molar-refractivity contribution is 7.13. The van der Waals surface area contributed by atoms with Crippen LogP contribution in [0, 0.1) is 12.3 Å². The smallest absolute Gasteiger partial charge is 0.246 e. The van der Waals surface area contributed by atoms with Crippen molar-refractivity contribution >= 4 is 46.5 Å². The van der Waals surface area contributed by atoms with Gasteiger partial charge < -0.3 is 42.1 Å². The number of phenols is 1. The fourth-order valence-electron chi connectivity index (χ4n) is 9.35. The lowest BCUT2D eigenvalue weighted by Gasteiger charge is -2.35. The fraction of sp³-hybridized carbons (Fsp3) is 0.500. The monoisotopic (exact) mass is 1030 g/mol. The molecule has 1 aliphatic rings. The number of aliphatic hydroxyl groups is 1. The van der Waals surface area contributed by atoms with Crippen molar-refractivity contribution in [1.29, 1.82) is 0 Å². The quantitative estimate of drug-likeness (QED) is 0.0223. The Balaban J connectivity index is 0.748. The largest absolute Gasteiger partial charge is 0.507 e. The second kappa shape index (κ2) is 28.9. The molecule has 3 heterocycles. The van der Waals surface area contributed by atoms with Crippen LogP contribution < -0.4 is 27.0 Å². The lowest BCUT2D eigenvalue weighted by atomic mass is 9.85. The molecule has 1 fully saturated rings. The van der Waals surface area contributed by atoms with E-state index in [4.69, 9.17) is 5.73 Å². The number of likely N-dealkylation sites (tertiary alicyclic amines) is 1. The third kappa shape index (κ3) is 17.9. The molecule has 1 saturated heterocycles. The van der Waals surface area contributed by atoms with Gasteiger partial charge >= 0.3 is 0 Å². The van der Waals surface area contributed by atoms with E-state index >= 15 is 0 Å². The molecule has 8 N–H and O–H groups in total. The molecule has 74 heavy (non-hydrogen) atoms. The van der Waals surface area contributed by atoms with E-state index in [0.29, 0.717) is 55.2 Å². The molecule has 0 bridgehead atoms. The van der Waals surface area contributed by atoms with Crippen molar-refractivity contribution in [3.8, 4) is 27.4 Å². The van der Waals surface area contributed by atoms with Crippen molar-refractivity contribution in [2.75, 3.05) is 24.1 Å². The number of aliphatic hydroxyl groups excluding tert-OH is 1. The molecular formula is C58H79N9O6S. The van der Waals surface area contributed by atoms with Crippen molar-refractivity contribution in [3.63, 3.8) is 0 Å². The minimum atomic E-state index is -0.831. The number of aryl methyl sites for hydroxylation is 1. The van der Waals surface area contributed by atoms with Crippen LogP contribution in [0.4, 0.5) is 11.5 Å². The minimum absolute atomic E-state index is 0.0441. The number of hydrogen-bond acceptors (Lipinski definition) is 12. The van der Waals surface area contributed by atoms with Crippen LogP contribution in [0.1, 0.15) is 146 Å². The molecule has 3 atom stereocenters. The molecule has 4 amide bonds. The number of carbonyl (C=O) groups excluding carboxylic acids is 4. The minimum Gasteiger partial charge on any atom is -0.507 e. The number of thiazole rings is 1. The van der Waals surface area contributed by atoms with E-state index in [1.807, 2.05) is 75.7 Å². The van der Waals surface area contributed by atoms with Gasteiger partial charge in [-0.25, -0.2) is 4.98 Å². The Hall–Kier alpha value is -6.39. The Morgan fingerprint density at radius 1 is 0.757 bits per heavy atom. The number of para-hydroxylation sites is 1. The van der Waals surface area contributed by atoms with Gasteiger partial charge in [0.25, 0.3) is 0 Å². The van der Waals surface area contributed by atoms with Crippen LogP contribution in [-0.2, 0) is 38.7 Å². The van der Waals surface area contributed by atoms with Gasteiger partial charge in [-0.2, -0.15) is 0 Å². The first-order chi connectivity index (χ1) is 35.7. The molecule has 0 spiro atoms. The summed E-state index contributed by atoms with van der Waals surface area (Å²) in [5.41, 5.74) is 14.3. The highest BCUT2D eigenvalue weighted by Crippen LogP contribution is 2.31. The van der Waals surface area contributed by atoms with E-state index in [2.05, 4.69) is 48.6 Å². The Labute approximate surface area is 441 Å². The van der Waals surface area contributed by atoms with Crippen LogP contribution >= 0.6 is 11.3 Å². The fourth-order valence-corrected chi connectivity index (χ4v) is 10.2. The third-order valence-electron chi connectivity index (χ3n) is 13.8. The van der Waals surface area contributed by atoms with Gasteiger partial charge in [-0.1, -0.05) is 152 Å². The number of carbonyl (C=O) groups is 4. The summed E-state index contributed by atoms with van der Waals surface area (Å²) < 4.78 is 0. The Kier molecular flexibility index (Phi) is 22.2. The number of nitrogens with one attached hydrogen (secondary N) is 4. The number of hydrogen-bond donors (Lipinski definition) is 7. The van der Waals surface area contributed by atoms with Crippen molar-refractivity contribution in [3.05, 3.63) is 107 Å². The first kappa shape index (κ1) is 56.9. The van der Waals surface area contributed by atoms with E-state index < -0.39 is 23.6 Å². The van der Waals surface area contributed by atoms with Gasteiger partial charge in [0.15, 0.2) is 5.82 Å². The van der Waals surface area contributed by atoms with E-state index in [9.17, 15) is 29.4 Å². The number of aromatic hydroxyl groups is 1. The molecular weight excluding hydrogens is 951 g/mol. The topological polar surface area (TPSA) is 225 Å². The summed E-state index contributed by atoms with van der Waals surface area (Å²) in [6, 6.07) is 23.3. The number of unbranched alkanes of at least 4 members (excludes halogenated alkanes) is 12. The highest BCUT2D eigenvalue weighted by atomic mass is 32.1. The van der Waals surface area contributed by atoms with Crippen molar-refractivity contribution in [2.45, 2.75) is 168 Å². The molecule has 16 heteroatoms. The van der Waals surface area contributed by atoms with Crippen molar-refractivity contribution < 1.29 is 29.4 Å². The van der Waals surface area contributed by atoms with Gasteiger partial charge in [0.2, 0.25) is 23.6 Å². The molecule has 2 aromatic heterocycles. The van der Waals surface area contributed by atoms with Gasteiger partial charge in [0.1, 0.15) is 17.8 Å². The highest BCUT2D eigenvalue weighted by Gasteiger charge is 2.44. The number of anilines is 2. The average Bonchev–Trinajstić information content (AvgIpc) is 4.01. The van der Waals surface area contributed by atoms with Crippen molar-refractivity contribution in [1.82, 2.24) is 36.0 Å². The number of nitrogens with zero attached hydrogens (tertiary/aromatic N) is 4. The van der Waals surface area contributed by atoms with Gasteiger partial charge in [-0.3, -0.25) is 19.2 Å². The predicted molar refractivity (Wildman–Crippen MR) is 295 cm³/mol. The molecule has 0 saturated carbocycles. The van der Waals surface area contributed by atoms with Crippen LogP contribution in [-0.4, -0.2) is 85.2 Å². The molecule has 3 aromatic carbocycles. The first-order valence-corrected chi connectivity index (χ1v) is 27.6. The third-order valence-corrected chi connectivity index (χ3v) is 14.7. The molecule has 398 valence electrons. The maximum atomic E-state index is 14.0. The number of rotatable bonds is 29. The molecule has 0 unspecified atom stereocenters. The number of β-amino-alcohol motifs (C(OH)–C–C–N with tert-alkyl or cyclic N) is 1. The SMILES string of the molecule is Cc1ncsc1-c1ccc(CNC(=O)[C@@H]2C[C@@H](O)CN2C(=O)[C@@H](NC(=O)CCCCCCCCCCCCCCCC(=O)NCc2ccc(CCNc3cc(-c4ccccc4O)nnc3N)cc2)C(C)(C)C)cc1. The van der Waals surface area contributed by atoms with Crippen LogP contribution in [0.2, 0.25) is 0 Å². The summed E-state index contributed by atoms with van der Waals surface area (Å²) in [5, 5.41) is 41.3. The number of nitrogen functional groups attached to an aromatic ring is 1. The Bertz CT molecular complexity index is 2560. The number of amides is 4. The number of nitrogens with two attached hydrogens (primary N) is 1. The standard InChI is InChI=1S/C58H79N9O6S/c1-40-53(74-39-63-40)44-30-28-43(29-31-44)37-62-56(72)49-34-45(68)38-67(49)57(73)54(58(2,3)4)64-52(71)23-17-15-13-11-9-7-5-6-8-10-12-14-16-22-51(70)61-36-42-26-24-41(25-27-42)32-33-60-48-35-47(65-66-55(48)59)46-20-18-19-21-50(46)69/h18-21,24-31,35,39,45,49,54,68-69H,5-17,22-23,32-34,36-38H2,1-4H3,(H2,59,66)(H,60,65)(H,61,70)(H,62,72)(H,64,71)/t45-,49+,54-/m1/s1. The lowest BCUT2D eigenvalue weighted by molar-refractivity contribution is -0.144. The van der Waals surface area contributed by atoms with Gasteiger partial charge in [0, 0.05) is 51.0 Å². The summed E-state index contributed by atoms with van der Waals surface area (Å²) in [4.78, 5) is 60.0. The summed E-state index contributed by atoms with van der Waals surface area (Å²) in [5.74, 6) is -0.325. The Morgan fingerprint density at radius 2 is 1.32 bits per heavy atom. The summed E-state index contributed by atoms with van der Waals surface area (Å²) in [6.07, 6.45) is 15.3. The first-order valence-electron chi connectivity index (χ1n) is 26.7. The predicted octanol–water partition coefficient (Wildman–Crippen LogP) is 9.79. The maximum Gasteiger partial charge on any atom is 0.246 e. The number of benzene rings is 3. The average molecular weight is 1030 g/mol. The van der Waals surface area contributed by atoms with Crippen molar-refractivity contribution in [2.24, 2.45) is 5.41 Å². The van der Waals surface area contributed by atoms with E-state index in [1.165, 1.54) is 43.4 Å². The summed E-state index contributed by atoms with van der Waals surface area (Å²) in [6.45, 7) is 9.18. The zero-order valence-electron chi connectivity index (χ0n) is 44.0. The summed E-state index contributed by atoms with van der Waals surface area (Å²) in [7, 11) is 0. The normalized spacial score (nSPS) is 14.9. The van der Waals surface area contributed by atoms with E-state index in [1.54, 1.807) is 35.6 Å². The van der Waals surface area contributed by atoms with Crippen LogP contribution in [0.3, 0.4) is 0 Å². The van der Waals surface area contributed by atoms with E-state index in [0.717, 1.165) is 84.2 Å². The van der Waals surface area contributed by atoms with Gasteiger partial charge in [0.05, 0.1) is 33.6 Å². The zero-order chi connectivity index (χ0) is 52.9. The molecule has 15 nitrogen and oxygen atoms in total. The lowest BCUT2D eigenvalue weighted by Crippen LogP contribution is -2.57. The second-order valence-electron chi connectivity index (χ2n) is 20.9. The molecule has 5 aromatic rings. The summed E-state index contributed by atoms with van der Waals surface area (Å²) >= 11 is 1.59. The molecule has 0 radical (unpaired) electrons. The van der Waals surface area contributed by atoms with Crippen LogP contribution in [0.5, 0.6) is 5.75 Å². The maximum absolute atomic E-state index is 14.0. The Morgan fingerprint density at radius 3 is 1.92 bits per heavy atom. The van der Waals surface area contributed by atoms with Gasteiger partial charge in [-0.15, -0.1) is 21.5 Å². The number of phenolic OH excluding ortho intramolecular Hbond substituents is 1. The molecule has 1 aliphatic heterocycles. The van der Waals surface area contributed by atoms with Crippen LogP contribution in [0.15, 0.2) is 84.4 Å². The van der Waals surface area contributed by atoms with E-state index in [-0.39, 0.29) is 42.3 Å². The molecule has 0 aliphatic carbocycles. The zero-order valence-corrected chi connectivity index (χ0v) is 44.8. The second-order valence-corrected chi connectivity index (χ2v) is 21.7.